The molecule has 396 valence electrons. The van der Waals surface area contributed by atoms with Gasteiger partial charge in [-0.2, -0.15) is 10.2 Å². The van der Waals surface area contributed by atoms with E-state index in [0.717, 1.165) is 63.9 Å². The molecule has 1 saturated heterocycles. The molecule has 3 N–H and O–H groups in total. The number of anilines is 5. The number of fused-ring (bicyclic) bond motifs is 1. The van der Waals surface area contributed by atoms with Crippen LogP contribution in [0.2, 0.25) is 5.02 Å². The number of methoxy groups -OCH3 is 1. The van der Waals surface area contributed by atoms with Gasteiger partial charge in [0.25, 0.3) is 11.8 Å². The van der Waals surface area contributed by atoms with Gasteiger partial charge in [-0.3, -0.25) is 14.4 Å². The third-order valence-electron chi connectivity index (χ3n) is 15.6. The first-order chi connectivity index (χ1) is 35.0. The Balaban J connectivity index is 0.781. The minimum Gasteiger partial charge on any atom is -0.495 e. The maximum Gasteiger partial charge on any atom is 0.254 e. The van der Waals surface area contributed by atoms with Gasteiger partial charge in [-0.05, 0) is 79.7 Å². The maximum absolute atomic E-state index is 13.6. The van der Waals surface area contributed by atoms with Crippen LogP contribution in [0.15, 0.2) is 55.0 Å². The van der Waals surface area contributed by atoms with E-state index < -0.39 is 10.8 Å². The fourth-order valence-electron chi connectivity index (χ4n) is 12.3. The SMILES string of the molecule is CC[C@@H]1C(=O)N(C)c2cnc(Nc3ccc(C(=O)NCC(C)(C)CC(C)(C)COC4CCN(c5ncc(C(=O)N[C@H]6C(C)(C)[C@H](Oc7ccc(C#N)c(Cl)c7)C6(C)C)cn5)CC4)cc3OC)nc2N1C1CCCC1. The van der Waals surface area contributed by atoms with E-state index in [1.54, 1.807) is 74.0 Å². The maximum atomic E-state index is 13.6. The van der Waals surface area contributed by atoms with E-state index in [-0.39, 0.29) is 58.9 Å². The molecule has 0 unspecified atom stereocenters. The lowest BCUT2D eigenvalue weighted by atomic mass is 9.49. The van der Waals surface area contributed by atoms with Crippen molar-refractivity contribution < 1.29 is 28.6 Å². The minimum absolute atomic E-state index is 0.0647. The molecule has 18 heteroatoms. The van der Waals surface area contributed by atoms with Crippen LogP contribution < -0.4 is 40.1 Å². The zero-order valence-corrected chi connectivity index (χ0v) is 45.7. The molecule has 3 amide bonds. The number of halogens is 1. The molecule has 0 radical (unpaired) electrons. The third kappa shape index (κ3) is 11.4. The molecule has 2 aliphatic carbocycles. The van der Waals surface area contributed by atoms with Gasteiger partial charge in [0.2, 0.25) is 17.8 Å². The molecule has 8 rings (SSSR count). The molecule has 2 saturated carbocycles. The molecule has 0 spiro atoms. The lowest BCUT2D eigenvalue weighted by Crippen LogP contribution is -2.74. The summed E-state index contributed by atoms with van der Waals surface area (Å²) in [6.45, 7) is 21.6. The number of benzene rings is 2. The van der Waals surface area contributed by atoms with Gasteiger partial charge in [0.1, 0.15) is 35.4 Å². The van der Waals surface area contributed by atoms with Gasteiger partial charge in [-0.1, -0.05) is 86.8 Å². The quantitative estimate of drug-likeness (QED) is 0.0851. The molecule has 3 fully saturated rings. The first-order valence-electron chi connectivity index (χ1n) is 26.1. The molecule has 17 nitrogen and oxygen atoms in total. The summed E-state index contributed by atoms with van der Waals surface area (Å²) in [6.07, 6.45) is 12.2. The molecule has 2 aromatic carbocycles. The highest BCUT2D eigenvalue weighted by Crippen LogP contribution is 2.56. The number of nitrogens with one attached hydrogen (secondary N) is 3. The Morgan fingerprint density at radius 1 is 0.905 bits per heavy atom. The summed E-state index contributed by atoms with van der Waals surface area (Å²) in [7, 11) is 3.36. The van der Waals surface area contributed by atoms with Crippen molar-refractivity contribution in [2.75, 3.05) is 60.4 Å². The number of nitrogens with zero attached hydrogens (tertiary/aromatic N) is 8. The number of carbonyl (C=O) groups is 3. The molecule has 4 heterocycles. The second-order valence-corrected chi connectivity index (χ2v) is 23.8. The van der Waals surface area contributed by atoms with Gasteiger partial charge in [0.15, 0.2) is 5.82 Å². The Hall–Kier alpha value is -6.25. The van der Waals surface area contributed by atoms with Crippen molar-refractivity contribution in [1.29, 1.82) is 5.26 Å². The van der Waals surface area contributed by atoms with E-state index in [1.807, 2.05) is 6.92 Å². The molecule has 2 aromatic heterocycles. The molecular formula is C56H74ClN11O6. The molecule has 4 aromatic rings. The number of piperidine rings is 1. The summed E-state index contributed by atoms with van der Waals surface area (Å²) < 4.78 is 18.7. The van der Waals surface area contributed by atoms with Crippen molar-refractivity contribution in [3.05, 3.63) is 76.7 Å². The van der Waals surface area contributed by atoms with Gasteiger partial charge < -0.3 is 44.9 Å². The number of amides is 3. The number of aromatic nitrogens is 4. The predicted octanol–water partition coefficient (Wildman–Crippen LogP) is 9.52. The Labute approximate surface area is 441 Å². The largest absolute Gasteiger partial charge is 0.495 e. The standard InChI is InChI=1S/C56H74ClN11O6/c1-12-42-48(71)66(10)43-30-59-51(64-45(43)68(42)37-15-13-14-16-37)63-41-20-18-34(25-44(41)72-11)46(69)62-32-53(2,3)31-54(4,5)33-73-38-21-23-67(24-22-38)52-60-28-36(29-61-52)47(70)65-49-55(6,7)50(56(49,8)9)74-39-19-17-35(27-58)40(57)26-39/h17-20,25-26,28-30,37-38,42,49-50H,12-16,21-24,31-33H2,1-11H3,(H,62,69)(H,65,70)(H,59,63,64)/t42-,49-,50-/m1/s1. The highest BCUT2D eigenvalue weighted by atomic mass is 35.5. The monoisotopic (exact) mass is 1030 g/mol. The number of hydrogen-bond acceptors (Lipinski definition) is 14. The molecular weight excluding hydrogens is 958 g/mol. The molecule has 0 bridgehead atoms. The van der Waals surface area contributed by atoms with E-state index >= 15 is 0 Å². The highest BCUT2D eigenvalue weighted by molar-refractivity contribution is 6.31. The van der Waals surface area contributed by atoms with E-state index in [0.29, 0.717) is 76.1 Å². The fraction of sp³-hybridized carbons (Fsp3) is 0.571. The van der Waals surface area contributed by atoms with Crippen LogP contribution in [0.5, 0.6) is 11.5 Å². The van der Waals surface area contributed by atoms with Crippen LogP contribution in [0.3, 0.4) is 0 Å². The van der Waals surface area contributed by atoms with E-state index in [9.17, 15) is 19.6 Å². The third-order valence-corrected chi connectivity index (χ3v) is 15.9. The van der Waals surface area contributed by atoms with Gasteiger partial charge in [-0.15, -0.1) is 0 Å². The van der Waals surface area contributed by atoms with Crippen LogP contribution in [0, 0.1) is 33.0 Å². The second kappa shape index (κ2) is 21.5. The smallest absolute Gasteiger partial charge is 0.254 e. The lowest BCUT2D eigenvalue weighted by Gasteiger charge is -2.63. The van der Waals surface area contributed by atoms with E-state index in [1.165, 1.54) is 0 Å². The van der Waals surface area contributed by atoms with Crippen molar-refractivity contribution in [2.24, 2.45) is 21.7 Å². The van der Waals surface area contributed by atoms with Crippen LogP contribution >= 0.6 is 11.6 Å². The van der Waals surface area contributed by atoms with Crippen LogP contribution in [0.25, 0.3) is 0 Å². The van der Waals surface area contributed by atoms with Gasteiger partial charge in [0.05, 0.1) is 47.9 Å². The first kappa shape index (κ1) is 54.0. The van der Waals surface area contributed by atoms with Gasteiger partial charge in [-0.25, -0.2) is 15.0 Å². The summed E-state index contributed by atoms with van der Waals surface area (Å²) in [5, 5.41) is 19.3. The first-order valence-corrected chi connectivity index (χ1v) is 26.5. The normalized spacial score (nSPS) is 20.8. The van der Waals surface area contributed by atoms with Crippen LogP contribution in [-0.2, 0) is 9.53 Å². The minimum atomic E-state index is -0.401. The number of ether oxygens (including phenoxy) is 3. The van der Waals surface area contributed by atoms with Crippen molar-refractivity contribution in [2.45, 2.75) is 144 Å². The number of rotatable bonds is 18. The van der Waals surface area contributed by atoms with Crippen molar-refractivity contribution in [3.63, 3.8) is 0 Å². The fourth-order valence-corrected chi connectivity index (χ4v) is 12.5. The van der Waals surface area contributed by atoms with Crippen LogP contribution in [0.1, 0.15) is 140 Å². The second-order valence-electron chi connectivity index (χ2n) is 23.4. The average Bonchev–Trinajstić information content (AvgIpc) is 3.92. The zero-order valence-electron chi connectivity index (χ0n) is 45.0. The summed E-state index contributed by atoms with van der Waals surface area (Å²) in [5.74, 6) is 2.40. The summed E-state index contributed by atoms with van der Waals surface area (Å²) >= 11 is 6.27. The summed E-state index contributed by atoms with van der Waals surface area (Å²) in [5.41, 5.74) is 1.38. The molecule has 74 heavy (non-hydrogen) atoms. The van der Waals surface area contributed by atoms with E-state index in [4.69, 9.17) is 30.8 Å². The Morgan fingerprint density at radius 2 is 1.59 bits per heavy atom. The lowest BCUT2D eigenvalue weighted by molar-refractivity contribution is -0.164. The molecule has 2 aliphatic heterocycles. The van der Waals surface area contributed by atoms with Crippen molar-refractivity contribution >= 4 is 58.4 Å². The number of hydrogen-bond donors (Lipinski definition) is 3. The van der Waals surface area contributed by atoms with Crippen LogP contribution in [-0.4, -0.2) is 108 Å². The predicted molar refractivity (Wildman–Crippen MR) is 288 cm³/mol. The van der Waals surface area contributed by atoms with Crippen molar-refractivity contribution in [3.8, 4) is 17.6 Å². The average molecular weight is 1030 g/mol. The van der Waals surface area contributed by atoms with Gasteiger partial charge in [0, 0.05) is 73.6 Å². The topological polar surface area (TPSA) is 200 Å². The molecule has 1 atom stereocenters. The Kier molecular flexibility index (Phi) is 15.7. The number of likely N-dealkylation sites (N-methyl/N-ethyl adjacent to an activating group) is 1. The van der Waals surface area contributed by atoms with Crippen molar-refractivity contribution in [1.82, 2.24) is 30.6 Å². The number of carbonyl (C=O) groups excluding carboxylic acids is 3. The van der Waals surface area contributed by atoms with Gasteiger partial charge >= 0.3 is 0 Å². The van der Waals surface area contributed by atoms with Crippen LogP contribution in [0.4, 0.5) is 29.1 Å². The zero-order chi connectivity index (χ0) is 53.3. The Morgan fingerprint density at radius 3 is 2.23 bits per heavy atom. The highest BCUT2D eigenvalue weighted by Gasteiger charge is 2.64. The Bertz CT molecular complexity index is 2730. The number of nitriles is 1. The summed E-state index contributed by atoms with van der Waals surface area (Å²) in [6, 6.07) is 12.2. The molecule has 4 aliphatic rings. The summed E-state index contributed by atoms with van der Waals surface area (Å²) in [4.78, 5) is 65.2. The van der Waals surface area contributed by atoms with E-state index in [2.05, 4.69) is 102 Å².